The Kier molecular flexibility index (Phi) is 5.58. The molecule has 1 atom stereocenters. The van der Waals surface area contributed by atoms with Gasteiger partial charge in [0.15, 0.2) is 0 Å². The molecule has 0 bridgehead atoms. The molecule has 0 fully saturated rings. The Morgan fingerprint density at radius 2 is 2.18 bits per heavy atom. The van der Waals surface area contributed by atoms with Gasteiger partial charge in [0, 0.05) is 16.3 Å². The van der Waals surface area contributed by atoms with Crippen LogP contribution in [0.4, 0.5) is 0 Å². The largest absolute Gasteiger partial charge is 0.391 e. The summed E-state index contributed by atoms with van der Waals surface area (Å²) in [7, 11) is -3.43. The van der Waals surface area contributed by atoms with Crippen LogP contribution in [-0.4, -0.2) is 19.6 Å². The second-order valence-electron chi connectivity index (χ2n) is 3.92. The van der Waals surface area contributed by atoms with Gasteiger partial charge in [-0.05, 0) is 18.9 Å². The lowest BCUT2D eigenvalue weighted by Gasteiger charge is -2.15. The molecule has 0 aliphatic carbocycles. The third-order valence-corrected chi connectivity index (χ3v) is 5.12. The fourth-order valence-electron chi connectivity index (χ4n) is 1.57. The highest BCUT2D eigenvalue weighted by Gasteiger charge is 2.19. The highest BCUT2D eigenvalue weighted by Crippen LogP contribution is 2.20. The van der Waals surface area contributed by atoms with E-state index in [0.717, 1.165) is 19.3 Å². The molecule has 1 heterocycles. The second-order valence-corrected chi connectivity index (χ2v) is 6.63. The van der Waals surface area contributed by atoms with Crippen LogP contribution < -0.4 is 4.72 Å². The zero-order chi connectivity index (χ0) is 12.9. The molecule has 98 valence electrons. The molecule has 2 N–H and O–H groups in total. The van der Waals surface area contributed by atoms with Gasteiger partial charge < -0.3 is 5.11 Å². The minimum atomic E-state index is -3.43. The number of aliphatic hydroxyl groups excluding tert-OH is 1. The lowest BCUT2D eigenvalue weighted by Crippen LogP contribution is -2.34. The molecule has 1 rings (SSSR count). The van der Waals surface area contributed by atoms with Gasteiger partial charge in [-0.2, -0.15) is 0 Å². The molecule has 6 heteroatoms. The van der Waals surface area contributed by atoms with Crippen LogP contribution in [0, 0.1) is 0 Å². The molecule has 1 aromatic rings. The zero-order valence-electron chi connectivity index (χ0n) is 10.1. The van der Waals surface area contributed by atoms with Crippen molar-refractivity contribution in [3.05, 3.63) is 16.3 Å². The number of aliphatic hydroxyl groups is 1. The third-order valence-electron chi connectivity index (χ3n) is 2.55. The van der Waals surface area contributed by atoms with Crippen LogP contribution in [-0.2, 0) is 16.6 Å². The monoisotopic (exact) mass is 277 g/mol. The molecular formula is C11H19NO3S2. The summed E-state index contributed by atoms with van der Waals surface area (Å²) >= 11 is 1.26. The van der Waals surface area contributed by atoms with Crippen molar-refractivity contribution in [2.24, 2.45) is 0 Å². The molecule has 17 heavy (non-hydrogen) atoms. The van der Waals surface area contributed by atoms with Gasteiger partial charge in [0.2, 0.25) is 10.0 Å². The van der Waals surface area contributed by atoms with Crippen molar-refractivity contribution in [1.29, 1.82) is 0 Å². The number of nitrogens with one attached hydrogen (secondary N) is 1. The van der Waals surface area contributed by atoms with Crippen LogP contribution in [0.3, 0.4) is 0 Å². The molecule has 0 aromatic carbocycles. The van der Waals surface area contributed by atoms with Crippen LogP contribution in [0.5, 0.6) is 0 Å². The molecule has 0 radical (unpaired) electrons. The van der Waals surface area contributed by atoms with Crippen molar-refractivity contribution in [2.45, 2.75) is 50.7 Å². The molecule has 0 aliphatic heterocycles. The molecule has 0 amide bonds. The van der Waals surface area contributed by atoms with E-state index in [4.69, 9.17) is 5.11 Å². The smallest absolute Gasteiger partial charge is 0.241 e. The molecule has 0 aliphatic rings. The predicted octanol–water partition coefficient (Wildman–Crippen LogP) is 2.10. The lowest BCUT2D eigenvalue weighted by atomic mass is 10.1. The predicted molar refractivity (Wildman–Crippen MR) is 69.6 cm³/mol. The molecule has 0 spiro atoms. The van der Waals surface area contributed by atoms with E-state index in [9.17, 15) is 8.42 Å². The second kappa shape index (κ2) is 6.49. The number of sulfonamides is 1. The topological polar surface area (TPSA) is 66.4 Å². The first kappa shape index (κ1) is 14.6. The molecular weight excluding hydrogens is 258 g/mol. The quantitative estimate of drug-likeness (QED) is 0.802. The fourth-order valence-corrected chi connectivity index (χ4v) is 4.05. The van der Waals surface area contributed by atoms with Crippen LogP contribution in [0.25, 0.3) is 0 Å². The van der Waals surface area contributed by atoms with Crippen molar-refractivity contribution in [1.82, 2.24) is 4.72 Å². The highest BCUT2D eigenvalue weighted by molar-refractivity contribution is 7.89. The standard InChI is InChI=1S/C11H19NO3S2/c1-3-5-9(4-2)12-17(14,15)11-6-10(7-13)16-8-11/h6,8-9,12-13H,3-5,7H2,1-2H3. The van der Waals surface area contributed by atoms with E-state index in [-0.39, 0.29) is 17.5 Å². The summed E-state index contributed by atoms with van der Waals surface area (Å²) < 4.78 is 26.7. The van der Waals surface area contributed by atoms with E-state index in [2.05, 4.69) is 4.72 Å². The van der Waals surface area contributed by atoms with Gasteiger partial charge >= 0.3 is 0 Å². The van der Waals surface area contributed by atoms with E-state index in [1.807, 2.05) is 13.8 Å². The fraction of sp³-hybridized carbons (Fsp3) is 0.636. The van der Waals surface area contributed by atoms with Crippen LogP contribution in [0.15, 0.2) is 16.3 Å². The van der Waals surface area contributed by atoms with Gasteiger partial charge in [0.05, 0.1) is 11.5 Å². The van der Waals surface area contributed by atoms with Gasteiger partial charge in [-0.3, -0.25) is 0 Å². The third kappa shape index (κ3) is 4.06. The van der Waals surface area contributed by atoms with Gasteiger partial charge in [0.25, 0.3) is 0 Å². The molecule has 0 saturated heterocycles. The van der Waals surface area contributed by atoms with Gasteiger partial charge in [-0.15, -0.1) is 11.3 Å². The summed E-state index contributed by atoms with van der Waals surface area (Å²) in [4.78, 5) is 0.912. The number of hydrogen-bond donors (Lipinski definition) is 2. The Balaban J connectivity index is 2.80. The number of hydrogen-bond acceptors (Lipinski definition) is 4. The highest BCUT2D eigenvalue weighted by atomic mass is 32.2. The Morgan fingerprint density at radius 3 is 2.65 bits per heavy atom. The summed E-state index contributed by atoms with van der Waals surface area (Å²) in [6, 6.07) is 1.51. The average Bonchev–Trinajstić information content (AvgIpc) is 2.77. The van der Waals surface area contributed by atoms with Crippen LogP contribution >= 0.6 is 11.3 Å². The SMILES string of the molecule is CCCC(CC)NS(=O)(=O)c1csc(CO)c1. The molecule has 0 saturated carbocycles. The van der Waals surface area contributed by atoms with Crippen LogP contribution in [0.2, 0.25) is 0 Å². The van der Waals surface area contributed by atoms with E-state index >= 15 is 0 Å². The minimum Gasteiger partial charge on any atom is -0.391 e. The first-order valence-electron chi connectivity index (χ1n) is 5.74. The lowest BCUT2D eigenvalue weighted by molar-refractivity contribution is 0.285. The summed E-state index contributed by atoms with van der Waals surface area (Å²) in [5.41, 5.74) is 0. The average molecular weight is 277 g/mol. The van der Waals surface area contributed by atoms with E-state index < -0.39 is 10.0 Å². The summed E-state index contributed by atoms with van der Waals surface area (Å²) in [6.07, 6.45) is 2.57. The zero-order valence-corrected chi connectivity index (χ0v) is 11.8. The molecule has 1 aromatic heterocycles. The molecule has 4 nitrogen and oxygen atoms in total. The Bertz CT molecular complexity index is 439. The van der Waals surface area contributed by atoms with Crippen LogP contribution in [0.1, 0.15) is 38.0 Å². The van der Waals surface area contributed by atoms with Crippen molar-refractivity contribution in [3.8, 4) is 0 Å². The van der Waals surface area contributed by atoms with Crippen molar-refractivity contribution < 1.29 is 13.5 Å². The minimum absolute atomic E-state index is 0.0116. The van der Waals surface area contributed by atoms with Gasteiger partial charge in [-0.25, -0.2) is 13.1 Å². The Morgan fingerprint density at radius 1 is 1.47 bits per heavy atom. The van der Waals surface area contributed by atoms with Gasteiger partial charge in [0.1, 0.15) is 0 Å². The maximum Gasteiger partial charge on any atom is 0.241 e. The van der Waals surface area contributed by atoms with Gasteiger partial charge in [-0.1, -0.05) is 20.3 Å². The summed E-state index contributed by atoms with van der Waals surface area (Å²) in [5, 5.41) is 10.5. The first-order valence-corrected chi connectivity index (χ1v) is 8.10. The normalized spacial score (nSPS) is 13.8. The van der Waals surface area contributed by atoms with Crippen molar-refractivity contribution >= 4 is 21.4 Å². The maximum atomic E-state index is 12.0. The van der Waals surface area contributed by atoms with E-state index in [1.165, 1.54) is 17.4 Å². The van der Waals surface area contributed by atoms with Crippen molar-refractivity contribution in [3.63, 3.8) is 0 Å². The first-order chi connectivity index (χ1) is 8.03. The number of rotatable bonds is 7. The van der Waals surface area contributed by atoms with Crippen molar-refractivity contribution in [2.75, 3.05) is 0 Å². The summed E-state index contributed by atoms with van der Waals surface area (Å²) in [5.74, 6) is 0. The van der Waals surface area contributed by atoms with E-state index in [1.54, 1.807) is 5.38 Å². The molecule has 1 unspecified atom stereocenters. The van der Waals surface area contributed by atoms with E-state index in [0.29, 0.717) is 4.88 Å². The Labute approximate surface area is 107 Å². The Hall–Kier alpha value is -0.430. The maximum absolute atomic E-state index is 12.0. The number of thiophene rings is 1. The summed E-state index contributed by atoms with van der Waals surface area (Å²) in [6.45, 7) is 3.88.